The van der Waals surface area contributed by atoms with E-state index in [-0.39, 0.29) is 6.04 Å². The Bertz CT molecular complexity index is 192. The quantitative estimate of drug-likeness (QED) is 0.688. The van der Waals surface area contributed by atoms with Crippen LogP contribution >= 0.6 is 0 Å². The molecule has 0 fully saturated rings. The second-order valence-electron chi connectivity index (χ2n) is 2.65. The molecule has 0 amide bonds. The Hall–Kier alpha value is -0.870. The van der Waals surface area contributed by atoms with Crippen LogP contribution in [0.25, 0.3) is 0 Å². The lowest BCUT2D eigenvalue weighted by Gasteiger charge is -2.15. The molecule has 1 unspecified atom stereocenters. The minimum Gasteiger partial charge on any atom is -0.382 e. The number of aromatic nitrogens is 2. The van der Waals surface area contributed by atoms with E-state index in [1.165, 1.54) is 0 Å². The van der Waals surface area contributed by atoms with Crippen LogP contribution in [-0.2, 0) is 4.74 Å². The van der Waals surface area contributed by atoms with E-state index in [0.29, 0.717) is 6.61 Å². The Morgan fingerprint density at radius 2 is 2.50 bits per heavy atom. The zero-order valence-electron chi connectivity index (χ0n) is 7.53. The second-order valence-corrected chi connectivity index (χ2v) is 2.65. The number of methoxy groups -OCH3 is 1. The van der Waals surface area contributed by atoms with Crippen molar-refractivity contribution in [1.82, 2.24) is 15.1 Å². The number of nitrogens with zero attached hydrogens (tertiary/aromatic N) is 2. The van der Waals surface area contributed by atoms with Gasteiger partial charge in [-0.1, -0.05) is 0 Å². The van der Waals surface area contributed by atoms with Crippen molar-refractivity contribution >= 4 is 0 Å². The Balaban J connectivity index is 2.53. The largest absolute Gasteiger partial charge is 0.382 e. The average molecular weight is 169 g/mol. The summed E-state index contributed by atoms with van der Waals surface area (Å²) in [6.45, 7) is 1.55. The first kappa shape index (κ1) is 9.22. The Morgan fingerprint density at radius 3 is 3.00 bits per heavy atom. The average Bonchev–Trinajstić information content (AvgIpc) is 2.56. The van der Waals surface area contributed by atoms with E-state index in [9.17, 15) is 0 Å². The van der Waals surface area contributed by atoms with Gasteiger partial charge in [-0.25, -0.2) is 0 Å². The minimum absolute atomic E-state index is 0.287. The third-order valence-electron chi connectivity index (χ3n) is 1.70. The second kappa shape index (κ2) is 4.90. The maximum atomic E-state index is 5.08. The highest BCUT2D eigenvalue weighted by Crippen LogP contribution is 2.02. The molecule has 0 aliphatic heterocycles. The van der Waals surface area contributed by atoms with Gasteiger partial charge in [0.05, 0.1) is 12.6 Å². The molecule has 12 heavy (non-hydrogen) atoms. The summed E-state index contributed by atoms with van der Waals surface area (Å²) in [4.78, 5) is 0. The summed E-state index contributed by atoms with van der Waals surface area (Å²) in [5.41, 5.74) is 0. The van der Waals surface area contributed by atoms with Gasteiger partial charge in [0.1, 0.15) is 0 Å². The molecule has 1 atom stereocenters. The van der Waals surface area contributed by atoms with Crippen molar-refractivity contribution in [3.05, 3.63) is 18.5 Å². The number of hydrogen-bond acceptors (Lipinski definition) is 3. The molecule has 1 N–H and O–H groups in total. The topological polar surface area (TPSA) is 39.1 Å². The van der Waals surface area contributed by atoms with Gasteiger partial charge >= 0.3 is 0 Å². The molecule has 68 valence electrons. The van der Waals surface area contributed by atoms with E-state index in [2.05, 4.69) is 10.4 Å². The number of ether oxygens (including phenoxy) is 1. The first-order chi connectivity index (χ1) is 5.88. The molecule has 1 heterocycles. The summed E-state index contributed by atoms with van der Waals surface area (Å²) in [7, 11) is 3.62. The van der Waals surface area contributed by atoms with Crippen LogP contribution in [0.5, 0.6) is 0 Å². The van der Waals surface area contributed by atoms with Crippen LogP contribution in [0.3, 0.4) is 0 Å². The summed E-state index contributed by atoms with van der Waals surface area (Å²) in [5.74, 6) is 0. The SMILES string of the molecule is CNCC(COC)n1cccn1. The fourth-order valence-electron chi connectivity index (χ4n) is 1.15. The number of rotatable bonds is 5. The van der Waals surface area contributed by atoms with Crippen molar-refractivity contribution in [2.45, 2.75) is 6.04 Å². The maximum absolute atomic E-state index is 5.08. The molecule has 0 saturated heterocycles. The van der Waals surface area contributed by atoms with Crippen LogP contribution in [0.15, 0.2) is 18.5 Å². The molecule has 4 nitrogen and oxygen atoms in total. The van der Waals surface area contributed by atoms with Crippen molar-refractivity contribution in [3.8, 4) is 0 Å². The van der Waals surface area contributed by atoms with Gasteiger partial charge in [0.15, 0.2) is 0 Å². The van der Waals surface area contributed by atoms with E-state index in [1.54, 1.807) is 13.3 Å². The van der Waals surface area contributed by atoms with Crippen molar-refractivity contribution in [3.63, 3.8) is 0 Å². The molecule has 0 aromatic carbocycles. The van der Waals surface area contributed by atoms with Crippen molar-refractivity contribution in [2.75, 3.05) is 27.3 Å². The van der Waals surface area contributed by atoms with Gasteiger partial charge in [-0.05, 0) is 13.1 Å². The molecule has 0 aliphatic carbocycles. The highest BCUT2D eigenvalue weighted by atomic mass is 16.5. The van der Waals surface area contributed by atoms with Crippen LogP contribution in [0, 0.1) is 0 Å². The van der Waals surface area contributed by atoms with Crippen LogP contribution in [-0.4, -0.2) is 37.1 Å². The maximum Gasteiger partial charge on any atom is 0.0876 e. The van der Waals surface area contributed by atoms with Gasteiger partial charge in [-0.15, -0.1) is 0 Å². The van der Waals surface area contributed by atoms with Crippen molar-refractivity contribution < 1.29 is 4.74 Å². The van der Waals surface area contributed by atoms with Gasteiger partial charge in [0.2, 0.25) is 0 Å². The molecular formula is C8H15N3O. The van der Waals surface area contributed by atoms with E-state index >= 15 is 0 Å². The molecule has 0 saturated carbocycles. The van der Waals surface area contributed by atoms with Gasteiger partial charge in [-0.2, -0.15) is 5.10 Å². The van der Waals surface area contributed by atoms with Crippen LogP contribution < -0.4 is 5.32 Å². The minimum atomic E-state index is 0.287. The molecule has 0 radical (unpaired) electrons. The van der Waals surface area contributed by atoms with Crippen LogP contribution in [0.2, 0.25) is 0 Å². The lowest BCUT2D eigenvalue weighted by molar-refractivity contribution is 0.149. The summed E-state index contributed by atoms with van der Waals surface area (Å²) < 4.78 is 6.98. The normalized spacial score (nSPS) is 13.2. The van der Waals surface area contributed by atoms with Gasteiger partial charge < -0.3 is 10.1 Å². The molecule has 1 aromatic rings. The van der Waals surface area contributed by atoms with E-state index in [0.717, 1.165) is 6.54 Å². The third kappa shape index (κ3) is 2.32. The lowest BCUT2D eigenvalue weighted by atomic mass is 10.3. The predicted molar refractivity (Wildman–Crippen MR) is 47.1 cm³/mol. The fraction of sp³-hybridized carbons (Fsp3) is 0.625. The van der Waals surface area contributed by atoms with Gasteiger partial charge in [0.25, 0.3) is 0 Å². The van der Waals surface area contributed by atoms with Gasteiger partial charge in [0, 0.05) is 26.0 Å². The Morgan fingerprint density at radius 1 is 1.67 bits per heavy atom. The molecule has 1 aromatic heterocycles. The summed E-state index contributed by atoms with van der Waals surface area (Å²) >= 11 is 0. The fourth-order valence-corrected chi connectivity index (χ4v) is 1.15. The summed E-state index contributed by atoms with van der Waals surface area (Å²) in [6.07, 6.45) is 3.72. The standard InChI is InChI=1S/C8H15N3O/c1-9-6-8(7-12-2)11-5-3-4-10-11/h3-5,8-9H,6-7H2,1-2H3. The van der Waals surface area contributed by atoms with E-state index in [4.69, 9.17) is 4.74 Å². The van der Waals surface area contributed by atoms with Crippen LogP contribution in [0.1, 0.15) is 6.04 Å². The monoisotopic (exact) mass is 169 g/mol. The van der Waals surface area contributed by atoms with Crippen molar-refractivity contribution in [2.24, 2.45) is 0 Å². The molecule has 0 aliphatic rings. The molecule has 0 bridgehead atoms. The zero-order valence-corrected chi connectivity index (χ0v) is 7.53. The molecule has 1 rings (SSSR count). The lowest BCUT2D eigenvalue weighted by Crippen LogP contribution is -2.26. The molecule has 4 heteroatoms. The van der Waals surface area contributed by atoms with E-state index in [1.807, 2.05) is 24.0 Å². The first-order valence-corrected chi connectivity index (χ1v) is 4.01. The Kier molecular flexibility index (Phi) is 3.76. The first-order valence-electron chi connectivity index (χ1n) is 4.01. The summed E-state index contributed by atoms with van der Waals surface area (Å²) in [6, 6.07) is 2.20. The zero-order chi connectivity index (χ0) is 8.81. The summed E-state index contributed by atoms with van der Waals surface area (Å²) in [5, 5.41) is 7.25. The number of nitrogens with one attached hydrogen (secondary N) is 1. The molecular weight excluding hydrogens is 154 g/mol. The smallest absolute Gasteiger partial charge is 0.0876 e. The highest BCUT2D eigenvalue weighted by Gasteiger charge is 2.08. The third-order valence-corrected chi connectivity index (χ3v) is 1.70. The molecule has 0 spiro atoms. The number of likely N-dealkylation sites (N-methyl/N-ethyl adjacent to an activating group) is 1. The Labute approximate surface area is 72.5 Å². The van der Waals surface area contributed by atoms with E-state index < -0.39 is 0 Å². The predicted octanol–water partition coefficient (Wildman–Crippen LogP) is 0.290. The number of hydrogen-bond donors (Lipinski definition) is 1. The van der Waals surface area contributed by atoms with Crippen LogP contribution in [0.4, 0.5) is 0 Å². The highest BCUT2D eigenvalue weighted by molar-refractivity contribution is 4.82. The van der Waals surface area contributed by atoms with Gasteiger partial charge in [-0.3, -0.25) is 4.68 Å². The van der Waals surface area contributed by atoms with Crippen molar-refractivity contribution in [1.29, 1.82) is 0 Å².